The zero-order valence-electron chi connectivity index (χ0n) is 11.0. The molecule has 0 bridgehead atoms. The number of benzene rings is 1. The molecule has 98 valence electrons. The van der Waals surface area contributed by atoms with Gasteiger partial charge in [0.15, 0.2) is 0 Å². The van der Waals surface area contributed by atoms with Crippen molar-refractivity contribution in [2.24, 2.45) is 11.7 Å². The molecule has 0 spiro atoms. The molecule has 17 heavy (non-hydrogen) atoms. The highest BCUT2D eigenvalue weighted by Crippen LogP contribution is 2.27. The van der Waals surface area contributed by atoms with Gasteiger partial charge in [0.05, 0.1) is 6.61 Å². The maximum Gasteiger partial charge on any atom is 0.124 e. The number of ether oxygens (including phenoxy) is 1. The van der Waals surface area contributed by atoms with Gasteiger partial charge in [-0.05, 0) is 31.7 Å². The first-order chi connectivity index (χ1) is 7.65. The van der Waals surface area contributed by atoms with Crippen LogP contribution in [-0.4, -0.2) is 6.61 Å². The Bertz CT molecular complexity index is 315. The first-order valence-electron chi connectivity index (χ1n) is 6.12. The van der Waals surface area contributed by atoms with E-state index in [1.54, 1.807) is 0 Å². The molecule has 0 heterocycles. The first-order valence-corrected chi connectivity index (χ1v) is 6.12. The largest absolute Gasteiger partial charge is 0.494 e. The van der Waals surface area contributed by atoms with Gasteiger partial charge in [0.1, 0.15) is 5.75 Å². The third-order valence-electron chi connectivity index (χ3n) is 2.67. The summed E-state index contributed by atoms with van der Waals surface area (Å²) in [6.07, 6.45) is 2.17. The van der Waals surface area contributed by atoms with Crippen molar-refractivity contribution in [3.8, 4) is 5.75 Å². The Balaban J connectivity index is 0.00000256. The molecule has 0 saturated carbocycles. The number of para-hydroxylation sites is 1. The highest BCUT2D eigenvalue weighted by molar-refractivity contribution is 5.85. The van der Waals surface area contributed by atoms with E-state index in [0.717, 1.165) is 24.2 Å². The summed E-state index contributed by atoms with van der Waals surface area (Å²) < 4.78 is 5.58. The van der Waals surface area contributed by atoms with Crippen LogP contribution in [0.1, 0.15) is 45.2 Å². The summed E-state index contributed by atoms with van der Waals surface area (Å²) in [7, 11) is 0. The Morgan fingerprint density at radius 3 is 2.41 bits per heavy atom. The molecule has 3 heteroatoms. The lowest BCUT2D eigenvalue weighted by molar-refractivity contribution is 0.332. The molecule has 2 nitrogen and oxygen atoms in total. The summed E-state index contributed by atoms with van der Waals surface area (Å²) in [5, 5.41) is 0. The first kappa shape index (κ1) is 16.3. The minimum absolute atomic E-state index is 0. The number of halogens is 1. The molecule has 0 unspecified atom stereocenters. The average molecular weight is 258 g/mol. The van der Waals surface area contributed by atoms with E-state index in [2.05, 4.69) is 19.9 Å². The van der Waals surface area contributed by atoms with Crippen LogP contribution < -0.4 is 10.5 Å². The van der Waals surface area contributed by atoms with Crippen molar-refractivity contribution in [1.29, 1.82) is 0 Å². The second kappa shape index (κ2) is 8.37. The Kier molecular flexibility index (Phi) is 8.01. The van der Waals surface area contributed by atoms with Gasteiger partial charge in [-0.15, -0.1) is 12.4 Å². The van der Waals surface area contributed by atoms with E-state index in [4.69, 9.17) is 10.5 Å². The van der Waals surface area contributed by atoms with Crippen molar-refractivity contribution in [1.82, 2.24) is 0 Å². The third kappa shape index (κ3) is 5.42. The third-order valence-corrected chi connectivity index (χ3v) is 2.67. The van der Waals surface area contributed by atoms with E-state index in [-0.39, 0.29) is 18.4 Å². The fourth-order valence-electron chi connectivity index (χ4n) is 1.74. The van der Waals surface area contributed by atoms with E-state index in [1.807, 2.05) is 25.1 Å². The zero-order valence-corrected chi connectivity index (χ0v) is 11.8. The van der Waals surface area contributed by atoms with Crippen molar-refractivity contribution >= 4 is 12.4 Å². The smallest absolute Gasteiger partial charge is 0.124 e. The average Bonchev–Trinajstić information content (AvgIpc) is 2.27. The van der Waals surface area contributed by atoms with Gasteiger partial charge in [0.2, 0.25) is 0 Å². The minimum Gasteiger partial charge on any atom is -0.494 e. The normalized spacial score (nSPS) is 12.1. The summed E-state index contributed by atoms with van der Waals surface area (Å²) in [4.78, 5) is 0. The predicted molar refractivity (Wildman–Crippen MR) is 75.9 cm³/mol. The van der Waals surface area contributed by atoms with Crippen LogP contribution in [0.4, 0.5) is 0 Å². The van der Waals surface area contributed by atoms with E-state index >= 15 is 0 Å². The highest BCUT2D eigenvalue weighted by Gasteiger charge is 2.11. The molecule has 0 aliphatic rings. The molecule has 0 aliphatic carbocycles. The van der Waals surface area contributed by atoms with Gasteiger partial charge in [-0.1, -0.05) is 32.0 Å². The number of nitrogens with two attached hydrogens (primary N) is 1. The number of hydrogen-bond donors (Lipinski definition) is 1. The van der Waals surface area contributed by atoms with Crippen molar-refractivity contribution in [3.63, 3.8) is 0 Å². The van der Waals surface area contributed by atoms with Crippen molar-refractivity contribution in [3.05, 3.63) is 29.8 Å². The van der Waals surface area contributed by atoms with Crippen molar-refractivity contribution in [2.75, 3.05) is 6.61 Å². The molecule has 0 radical (unpaired) electrons. The lowest BCUT2D eigenvalue weighted by Gasteiger charge is -2.17. The van der Waals surface area contributed by atoms with Gasteiger partial charge >= 0.3 is 0 Å². The van der Waals surface area contributed by atoms with Crippen LogP contribution in [0, 0.1) is 5.92 Å². The predicted octanol–water partition coefficient (Wildman–Crippen LogP) is 3.94. The molecule has 0 fully saturated rings. The molecule has 1 rings (SSSR count). The second-order valence-corrected chi connectivity index (χ2v) is 4.55. The quantitative estimate of drug-likeness (QED) is 0.838. The number of rotatable bonds is 6. The van der Waals surface area contributed by atoms with Gasteiger partial charge in [0.25, 0.3) is 0 Å². The lowest BCUT2D eigenvalue weighted by Crippen LogP contribution is -2.13. The molecular formula is C14H24ClNO. The van der Waals surface area contributed by atoms with Crippen LogP contribution in [0.25, 0.3) is 0 Å². The standard InChI is InChI=1S/C14H23NO.ClH/c1-4-16-14-8-6-5-7-12(14)13(15)10-9-11(2)3;/h5-8,11,13H,4,9-10,15H2,1-3H3;1H/t13-;/m1./s1. The molecule has 1 atom stereocenters. The Hall–Kier alpha value is -0.730. The van der Waals surface area contributed by atoms with E-state index in [1.165, 1.54) is 0 Å². The Morgan fingerprint density at radius 2 is 1.82 bits per heavy atom. The van der Waals surface area contributed by atoms with E-state index in [9.17, 15) is 0 Å². The summed E-state index contributed by atoms with van der Waals surface area (Å²) in [5.74, 6) is 1.63. The summed E-state index contributed by atoms with van der Waals surface area (Å²) in [5.41, 5.74) is 7.32. The van der Waals surface area contributed by atoms with Crippen molar-refractivity contribution < 1.29 is 4.74 Å². The fraction of sp³-hybridized carbons (Fsp3) is 0.571. The maximum absolute atomic E-state index is 6.19. The van der Waals surface area contributed by atoms with E-state index < -0.39 is 0 Å². The minimum atomic E-state index is 0. The van der Waals surface area contributed by atoms with E-state index in [0.29, 0.717) is 12.5 Å². The fourth-order valence-corrected chi connectivity index (χ4v) is 1.74. The maximum atomic E-state index is 6.19. The van der Waals surface area contributed by atoms with Crippen LogP contribution >= 0.6 is 12.4 Å². The molecule has 0 aliphatic heterocycles. The van der Waals surface area contributed by atoms with Crippen LogP contribution in [0.15, 0.2) is 24.3 Å². The lowest BCUT2D eigenvalue weighted by atomic mass is 9.98. The molecule has 0 aromatic heterocycles. The van der Waals surface area contributed by atoms with Gasteiger partial charge in [-0.25, -0.2) is 0 Å². The van der Waals surface area contributed by atoms with Gasteiger partial charge in [0, 0.05) is 11.6 Å². The molecule has 0 saturated heterocycles. The van der Waals surface area contributed by atoms with Crippen LogP contribution in [0.5, 0.6) is 5.75 Å². The molecule has 1 aromatic rings. The van der Waals surface area contributed by atoms with Crippen LogP contribution in [0.2, 0.25) is 0 Å². The number of hydrogen-bond acceptors (Lipinski definition) is 2. The molecular weight excluding hydrogens is 234 g/mol. The summed E-state index contributed by atoms with van der Waals surface area (Å²) in [6, 6.07) is 8.16. The summed E-state index contributed by atoms with van der Waals surface area (Å²) >= 11 is 0. The second-order valence-electron chi connectivity index (χ2n) is 4.55. The van der Waals surface area contributed by atoms with Gasteiger partial charge in [-0.2, -0.15) is 0 Å². The van der Waals surface area contributed by atoms with Gasteiger partial charge < -0.3 is 10.5 Å². The molecule has 2 N–H and O–H groups in total. The van der Waals surface area contributed by atoms with Crippen LogP contribution in [0.3, 0.4) is 0 Å². The SMILES string of the molecule is CCOc1ccccc1[C@H](N)CCC(C)C.Cl. The zero-order chi connectivity index (χ0) is 12.0. The summed E-state index contributed by atoms with van der Waals surface area (Å²) in [6.45, 7) is 7.13. The molecule has 1 aromatic carbocycles. The topological polar surface area (TPSA) is 35.2 Å². The monoisotopic (exact) mass is 257 g/mol. The van der Waals surface area contributed by atoms with Crippen LogP contribution in [-0.2, 0) is 0 Å². The Labute approximate surface area is 111 Å². The highest BCUT2D eigenvalue weighted by atomic mass is 35.5. The van der Waals surface area contributed by atoms with Gasteiger partial charge in [-0.3, -0.25) is 0 Å². The molecule has 0 amide bonds. The van der Waals surface area contributed by atoms with Crippen molar-refractivity contribution in [2.45, 2.75) is 39.7 Å². The Morgan fingerprint density at radius 1 is 1.18 bits per heavy atom.